The molecule has 2 rings (SSSR count). The number of hydrogen-bond donors (Lipinski definition) is 1. The Kier molecular flexibility index (Phi) is 3.97. The maximum atomic E-state index is 12.3. The van der Waals surface area contributed by atoms with Gasteiger partial charge in [0.1, 0.15) is 6.04 Å². The van der Waals surface area contributed by atoms with Gasteiger partial charge in [0.25, 0.3) is 5.91 Å². The van der Waals surface area contributed by atoms with Gasteiger partial charge < -0.3 is 10.2 Å². The molecule has 0 spiro atoms. The standard InChI is InChI=1S/C15H21N3O2/c1-10(2)18-14(19)9-12(15(18)20)16-11-7-5-6-8-13(11)17(3)4/h5-8,10,12,16H,9H2,1-4H3. The summed E-state index contributed by atoms with van der Waals surface area (Å²) in [7, 11) is 3.89. The molecular weight excluding hydrogens is 254 g/mol. The summed E-state index contributed by atoms with van der Waals surface area (Å²) in [6, 6.07) is 7.20. The Morgan fingerprint density at radius 1 is 1.25 bits per heavy atom. The van der Waals surface area contributed by atoms with Crippen molar-refractivity contribution in [3.05, 3.63) is 24.3 Å². The van der Waals surface area contributed by atoms with Gasteiger partial charge in [-0.2, -0.15) is 0 Å². The van der Waals surface area contributed by atoms with Crippen molar-refractivity contribution >= 4 is 23.2 Å². The van der Waals surface area contributed by atoms with Crippen molar-refractivity contribution in [2.45, 2.75) is 32.4 Å². The molecular formula is C15H21N3O2. The second-order valence-electron chi connectivity index (χ2n) is 5.51. The zero-order valence-corrected chi connectivity index (χ0v) is 12.4. The van der Waals surface area contributed by atoms with Gasteiger partial charge in [-0.25, -0.2) is 0 Å². The number of carbonyl (C=O) groups is 2. The summed E-state index contributed by atoms with van der Waals surface area (Å²) >= 11 is 0. The van der Waals surface area contributed by atoms with E-state index in [1.165, 1.54) is 4.90 Å². The van der Waals surface area contributed by atoms with Crippen LogP contribution in [-0.4, -0.2) is 42.9 Å². The van der Waals surface area contributed by atoms with Crippen LogP contribution in [0.1, 0.15) is 20.3 Å². The zero-order chi connectivity index (χ0) is 14.9. The van der Waals surface area contributed by atoms with Gasteiger partial charge in [-0.3, -0.25) is 14.5 Å². The molecule has 0 aliphatic carbocycles. The Hall–Kier alpha value is -2.04. The number of imide groups is 1. The molecule has 1 N–H and O–H groups in total. The molecule has 20 heavy (non-hydrogen) atoms. The highest BCUT2D eigenvalue weighted by Crippen LogP contribution is 2.27. The lowest BCUT2D eigenvalue weighted by Gasteiger charge is -2.22. The van der Waals surface area contributed by atoms with Crippen molar-refractivity contribution in [3.63, 3.8) is 0 Å². The summed E-state index contributed by atoms with van der Waals surface area (Å²) in [5.74, 6) is -0.247. The number of rotatable bonds is 4. The monoisotopic (exact) mass is 275 g/mol. The second-order valence-corrected chi connectivity index (χ2v) is 5.51. The van der Waals surface area contributed by atoms with E-state index in [4.69, 9.17) is 0 Å². The first-order valence-corrected chi connectivity index (χ1v) is 6.80. The van der Waals surface area contributed by atoms with Crippen LogP contribution in [0.25, 0.3) is 0 Å². The van der Waals surface area contributed by atoms with Gasteiger partial charge in [-0.1, -0.05) is 12.1 Å². The summed E-state index contributed by atoms with van der Waals surface area (Å²) in [4.78, 5) is 27.5. The highest BCUT2D eigenvalue weighted by molar-refractivity contribution is 6.07. The molecule has 2 amide bonds. The van der Waals surface area contributed by atoms with Gasteiger partial charge in [0.05, 0.1) is 17.8 Å². The zero-order valence-electron chi connectivity index (χ0n) is 12.4. The van der Waals surface area contributed by atoms with Crippen molar-refractivity contribution in [2.24, 2.45) is 0 Å². The third kappa shape index (κ3) is 2.61. The number of nitrogens with one attached hydrogen (secondary N) is 1. The molecule has 1 heterocycles. The van der Waals surface area contributed by atoms with Crippen LogP contribution in [0, 0.1) is 0 Å². The molecule has 1 aromatic carbocycles. The molecule has 1 aliphatic rings. The third-order valence-corrected chi connectivity index (χ3v) is 3.41. The van der Waals surface area contributed by atoms with Crippen LogP contribution in [0.15, 0.2) is 24.3 Å². The number of anilines is 2. The lowest BCUT2D eigenvalue weighted by atomic mass is 10.2. The highest BCUT2D eigenvalue weighted by Gasteiger charge is 2.40. The molecule has 108 valence electrons. The van der Waals surface area contributed by atoms with E-state index in [1.54, 1.807) is 0 Å². The Bertz CT molecular complexity index is 526. The van der Waals surface area contributed by atoms with E-state index < -0.39 is 6.04 Å². The normalized spacial score (nSPS) is 18.9. The predicted molar refractivity (Wildman–Crippen MR) is 79.8 cm³/mol. The number of amides is 2. The van der Waals surface area contributed by atoms with Crippen molar-refractivity contribution in [3.8, 4) is 0 Å². The minimum absolute atomic E-state index is 0.0918. The molecule has 1 saturated heterocycles. The van der Waals surface area contributed by atoms with Crippen LogP contribution in [0.5, 0.6) is 0 Å². The van der Waals surface area contributed by atoms with E-state index in [1.807, 2.05) is 57.1 Å². The minimum atomic E-state index is -0.467. The van der Waals surface area contributed by atoms with Crippen LogP contribution in [0.2, 0.25) is 0 Å². The number of carbonyl (C=O) groups excluding carboxylic acids is 2. The Labute approximate surface area is 119 Å². The lowest BCUT2D eigenvalue weighted by Crippen LogP contribution is -2.39. The van der Waals surface area contributed by atoms with Gasteiger partial charge >= 0.3 is 0 Å². The highest BCUT2D eigenvalue weighted by atomic mass is 16.2. The van der Waals surface area contributed by atoms with Crippen molar-refractivity contribution in [2.75, 3.05) is 24.3 Å². The van der Waals surface area contributed by atoms with Gasteiger partial charge in [0.15, 0.2) is 0 Å². The first kappa shape index (κ1) is 14.4. The van der Waals surface area contributed by atoms with E-state index in [9.17, 15) is 9.59 Å². The maximum absolute atomic E-state index is 12.3. The second kappa shape index (κ2) is 5.53. The van der Waals surface area contributed by atoms with Crippen LogP contribution in [0.4, 0.5) is 11.4 Å². The SMILES string of the molecule is CC(C)N1C(=O)CC(Nc2ccccc2N(C)C)C1=O. The number of nitrogens with zero attached hydrogens (tertiary/aromatic N) is 2. The van der Waals surface area contributed by atoms with Crippen LogP contribution >= 0.6 is 0 Å². The molecule has 5 nitrogen and oxygen atoms in total. The van der Waals surface area contributed by atoms with Gasteiger partial charge in [0.2, 0.25) is 5.91 Å². The first-order valence-electron chi connectivity index (χ1n) is 6.80. The van der Waals surface area contributed by atoms with Crippen molar-refractivity contribution in [1.82, 2.24) is 4.90 Å². The number of para-hydroxylation sites is 2. The largest absolute Gasteiger partial charge is 0.376 e. The van der Waals surface area contributed by atoms with Gasteiger partial charge in [0, 0.05) is 20.1 Å². The maximum Gasteiger partial charge on any atom is 0.252 e. The van der Waals surface area contributed by atoms with Crippen LogP contribution in [0.3, 0.4) is 0 Å². The average Bonchev–Trinajstić information content (AvgIpc) is 2.64. The van der Waals surface area contributed by atoms with E-state index in [2.05, 4.69) is 5.32 Å². The fourth-order valence-corrected chi connectivity index (χ4v) is 2.48. The topological polar surface area (TPSA) is 52.7 Å². The van der Waals surface area contributed by atoms with E-state index in [0.29, 0.717) is 0 Å². The Morgan fingerprint density at radius 3 is 2.45 bits per heavy atom. The third-order valence-electron chi connectivity index (χ3n) is 3.41. The van der Waals surface area contributed by atoms with E-state index >= 15 is 0 Å². The molecule has 1 atom stereocenters. The van der Waals surface area contributed by atoms with Crippen LogP contribution < -0.4 is 10.2 Å². The fourth-order valence-electron chi connectivity index (χ4n) is 2.48. The first-order chi connectivity index (χ1) is 9.41. The molecule has 0 radical (unpaired) electrons. The lowest BCUT2D eigenvalue weighted by molar-refractivity contribution is -0.140. The predicted octanol–water partition coefficient (Wildman–Crippen LogP) is 1.70. The Morgan fingerprint density at radius 2 is 1.90 bits per heavy atom. The molecule has 0 saturated carbocycles. The van der Waals surface area contributed by atoms with Crippen molar-refractivity contribution in [1.29, 1.82) is 0 Å². The van der Waals surface area contributed by atoms with Crippen molar-refractivity contribution < 1.29 is 9.59 Å². The summed E-state index contributed by atoms with van der Waals surface area (Å²) < 4.78 is 0. The summed E-state index contributed by atoms with van der Waals surface area (Å²) in [6.45, 7) is 3.71. The molecule has 1 aromatic rings. The quantitative estimate of drug-likeness (QED) is 0.850. The molecule has 0 aromatic heterocycles. The van der Waals surface area contributed by atoms with Crippen LogP contribution in [-0.2, 0) is 9.59 Å². The number of likely N-dealkylation sites (tertiary alicyclic amines) is 1. The number of hydrogen-bond acceptors (Lipinski definition) is 4. The molecule has 0 bridgehead atoms. The fraction of sp³-hybridized carbons (Fsp3) is 0.467. The molecule has 1 aliphatic heterocycles. The van der Waals surface area contributed by atoms with Gasteiger partial charge in [-0.15, -0.1) is 0 Å². The number of benzene rings is 1. The summed E-state index contributed by atoms with van der Waals surface area (Å²) in [6.07, 6.45) is 0.221. The van der Waals surface area contributed by atoms with E-state index in [0.717, 1.165) is 11.4 Å². The molecule has 1 unspecified atom stereocenters. The minimum Gasteiger partial charge on any atom is -0.376 e. The Balaban J connectivity index is 2.20. The molecule has 1 fully saturated rings. The molecule has 5 heteroatoms. The average molecular weight is 275 g/mol. The van der Waals surface area contributed by atoms with E-state index in [-0.39, 0.29) is 24.3 Å². The summed E-state index contributed by atoms with van der Waals surface area (Å²) in [5, 5.41) is 3.20. The smallest absolute Gasteiger partial charge is 0.252 e. The van der Waals surface area contributed by atoms with Gasteiger partial charge in [-0.05, 0) is 26.0 Å². The summed E-state index contributed by atoms with van der Waals surface area (Å²) in [5.41, 5.74) is 1.87.